The molecule has 0 bridgehead atoms. The van der Waals surface area contributed by atoms with Gasteiger partial charge < -0.3 is 31.1 Å². The van der Waals surface area contributed by atoms with Crippen molar-refractivity contribution in [3.63, 3.8) is 0 Å². The first-order chi connectivity index (χ1) is 26.5. The van der Waals surface area contributed by atoms with Crippen molar-refractivity contribution < 1.29 is 33.6 Å². The van der Waals surface area contributed by atoms with Gasteiger partial charge in [-0.05, 0) is 47.8 Å². The summed E-state index contributed by atoms with van der Waals surface area (Å²) in [7, 11) is 3.13. The van der Waals surface area contributed by atoms with Crippen molar-refractivity contribution in [1.82, 2.24) is 31.1 Å². The van der Waals surface area contributed by atoms with E-state index >= 15 is 0 Å². The smallest absolute Gasteiger partial charge is 0.290 e. The van der Waals surface area contributed by atoms with Gasteiger partial charge in [-0.2, -0.15) is 0 Å². The molecule has 56 heavy (non-hydrogen) atoms. The van der Waals surface area contributed by atoms with Crippen LogP contribution in [0, 0.1) is 5.41 Å². The molecule has 4 rings (SSSR count). The maximum absolute atomic E-state index is 14.6. The molecular formula is C41H56N6O7S2. The predicted molar refractivity (Wildman–Crippen MR) is 219 cm³/mol. The van der Waals surface area contributed by atoms with Gasteiger partial charge in [-0.1, -0.05) is 94.8 Å². The average molecular weight is 809 g/mol. The average Bonchev–Trinajstić information content (AvgIpc) is 3.55. The van der Waals surface area contributed by atoms with Crippen LogP contribution in [0.15, 0.2) is 60.7 Å². The Balaban J connectivity index is 1.49. The number of rotatable bonds is 15. The summed E-state index contributed by atoms with van der Waals surface area (Å²) in [6.45, 7) is 8.89. The monoisotopic (exact) mass is 808 g/mol. The SMILES string of the molecule is CCCC(NC(=O)[C@@H]1CC2(CN1C(=O)[C@@H](NC(=O)C(C)c1ccccc1)C(C)(C)C)SCCCS2)C(=O)C(=O)NCC(=O)NC(C(=O)N(C)C)c1ccccc1. The van der Waals surface area contributed by atoms with Gasteiger partial charge in [0, 0.05) is 27.1 Å². The van der Waals surface area contributed by atoms with Gasteiger partial charge >= 0.3 is 0 Å². The first kappa shape index (κ1) is 44.3. The Kier molecular flexibility index (Phi) is 15.6. The van der Waals surface area contributed by atoms with Crippen molar-refractivity contribution in [2.24, 2.45) is 5.41 Å². The van der Waals surface area contributed by atoms with E-state index in [0.29, 0.717) is 18.4 Å². The zero-order valence-electron chi connectivity index (χ0n) is 33.4. The largest absolute Gasteiger partial charge is 0.347 e. The third-order valence-electron chi connectivity index (χ3n) is 9.96. The van der Waals surface area contributed by atoms with Crippen molar-refractivity contribution >= 4 is 64.8 Å². The second-order valence-electron chi connectivity index (χ2n) is 15.6. The number of likely N-dealkylation sites (tertiary alicyclic amines) is 1. The van der Waals surface area contributed by atoms with Crippen molar-refractivity contribution in [1.29, 1.82) is 0 Å². The predicted octanol–water partition coefficient (Wildman–Crippen LogP) is 3.40. The van der Waals surface area contributed by atoms with E-state index in [9.17, 15) is 33.6 Å². The number of carbonyl (C=O) groups excluding carboxylic acids is 7. The number of benzene rings is 2. The third-order valence-corrected chi connectivity index (χ3v) is 13.3. The number of thioether (sulfide) groups is 2. The van der Waals surface area contributed by atoms with Gasteiger partial charge in [-0.3, -0.25) is 33.6 Å². The lowest BCUT2D eigenvalue weighted by Crippen LogP contribution is -2.59. The molecule has 0 saturated carbocycles. The quantitative estimate of drug-likeness (QED) is 0.197. The summed E-state index contributed by atoms with van der Waals surface area (Å²) < 4.78 is -0.444. The first-order valence-corrected chi connectivity index (χ1v) is 21.1. The number of hydrogen-bond donors (Lipinski definition) is 4. The first-order valence-electron chi connectivity index (χ1n) is 19.1. The van der Waals surface area contributed by atoms with Crippen LogP contribution in [0.1, 0.15) is 83.4 Å². The Hall–Kier alpha value is -4.37. The van der Waals surface area contributed by atoms with E-state index < -0.39 is 75.5 Å². The third kappa shape index (κ3) is 11.4. The molecule has 2 fully saturated rings. The minimum absolute atomic E-state index is 0.144. The number of amides is 6. The van der Waals surface area contributed by atoms with Gasteiger partial charge in [0.05, 0.1) is 22.6 Å². The molecule has 2 heterocycles. The number of nitrogens with zero attached hydrogens (tertiary/aromatic N) is 2. The Bertz CT molecular complexity index is 1730. The van der Waals surface area contributed by atoms with Gasteiger partial charge in [0.2, 0.25) is 35.3 Å². The molecule has 1 spiro atoms. The molecule has 2 aliphatic heterocycles. The fourth-order valence-corrected chi connectivity index (χ4v) is 10.1. The van der Waals surface area contributed by atoms with E-state index in [1.165, 1.54) is 4.90 Å². The van der Waals surface area contributed by atoms with Crippen LogP contribution in [-0.2, 0) is 33.6 Å². The second-order valence-corrected chi connectivity index (χ2v) is 18.8. The zero-order chi connectivity index (χ0) is 41.2. The molecule has 2 aliphatic rings. The number of ketones is 1. The van der Waals surface area contributed by atoms with Crippen LogP contribution in [0.4, 0.5) is 0 Å². The molecule has 3 unspecified atom stereocenters. The molecule has 2 saturated heterocycles. The van der Waals surface area contributed by atoms with Crippen molar-refractivity contribution in [2.45, 2.75) is 94.5 Å². The maximum atomic E-state index is 14.6. The minimum Gasteiger partial charge on any atom is -0.347 e. The summed E-state index contributed by atoms with van der Waals surface area (Å²) in [5, 5.41) is 10.7. The molecule has 4 N–H and O–H groups in total. The van der Waals surface area contributed by atoms with Crippen LogP contribution in [0.3, 0.4) is 0 Å². The van der Waals surface area contributed by atoms with E-state index in [4.69, 9.17) is 0 Å². The van der Waals surface area contributed by atoms with Gasteiger partial charge in [0.25, 0.3) is 5.91 Å². The van der Waals surface area contributed by atoms with Crippen LogP contribution in [0.2, 0.25) is 0 Å². The molecule has 5 atom stereocenters. The summed E-state index contributed by atoms with van der Waals surface area (Å²) >= 11 is 3.43. The highest BCUT2D eigenvalue weighted by Crippen LogP contribution is 2.50. The van der Waals surface area contributed by atoms with Gasteiger partial charge in [-0.25, -0.2) is 0 Å². The molecule has 0 aromatic heterocycles. The Morgan fingerprint density at radius 2 is 1.46 bits per heavy atom. The summed E-state index contributed by atoms with van der Waals surface area (Å²) in [6, 6.07) is 13.8. The van der Waals surface area contributed by atoms with Gasteiger partial charge in [0.1, 0.15) is 18.1 Å². The number of Topliss-reactive ketones (excluding diaryl/α,β-unsaturated/α-hetero) is 1. The summed E-state index contributed by atoms with van der Waals surface area (Å²) in [5.41, 5.74) is 0.653. The topological polar surface area (TPSA) is 174 Å². The number of hydrogen-bond acceptors (Lipinski definition) is 9. The second kappa shape index (κ2) is 19.7. The van der Waals surface area contributed by atoms with E-state index in [0.717, 1.165) is 23.5 Å². The van der Waals surface area contributed by atoms with Crippen LogP contribution >= 0.6 is 23.5 Å². The van der Waals surface area contributed by atoms with Crippen molar-refractivity contribution in [3.05, 3.63) is 71.8 Å². The Labute approximate surface area is 338 Å². The van der Waals surface area contributed by atoms with Gasteiger partial charge in [-0.15, -0.1) is 23.5 Å². The summed E-state index contributed by atoms with van der Waals surface area (Å²) in [5.74, 6) is -3.10. The fraction of sp³-hybridized carbons (Fsp3) is 0.537. The lowest BCUT2D eigenvalue weighted by Gasteiger charge is -2.37. The molecule has 15 heteroatoms. The summed E-state index contributed by atoms with van der Waals surface area (Å²) in [4.78, 5) is 97.8. The van der Waals surface area contributed by atoms with Crippen molar-refractivity contribution in [2.75, 3.05) is 38.7 Å². The standard InChI is InChI=1S/C41H56N6O7S2/c1-8-16-29(33(49)37(52)42-24-31(48)44-32(38(53)46(6)7)28-19-13-10-14-20-28)43-36(51)30-23-41(55-21-15-22-56-41)25-47(30)39(54)34(40(3,4)5)45-35(50)26(2)27-17-11-9-12-18-27/h9-14,17-20,26,29-30,32,34H,8,15-16,21-25H2,1-7H3,(H,42,52)(H,43,51)(H,44,48)(H,45,50)/t26?,29?,30-,32?,34+/m0/s1. The van der Waals surface area contributed by atoms with Crippen LogP contribution in [-0.4, -0.2) is 112 Å². The Morgan fingerprint density at radius 1 is 0.875 bits per heavy atom. The van der Waals surface area contributed by atoms with Crippen LogP contribution in [0.5, 0.6) is 0 Å². The Morgan fingerprint density at radius 3 is 2.02 bits per heavy atom. The van der Waals surface area contributed by atoms with E-state index in [-0.39, 0.29) is 24.8 Å². The molecule has 0 radical (unpaired) electrons. The zero-order valence-corrected chi connectivity index (χ0v) is 35.0. The molecular weight excluding hydrogens is 753 g/mol. The maximum Gasteiger partial charge on any atom is 0.290 e. The lowest BCUT2D eigenvalue weighted by molar-refractivity contribution is -0.145. The van der Waals surface area contributed by atoms with E-state index in [1.807, 2.05) is 58.0 Å². The minimum atomic E-state index is -1.21. The molecule has 2 aromatic carbocycles. The number of likely N-dealkylation sites (N-methyl/N-ethyl adjacent to an activating group) is 1. The molecule has 13 nitrogen and oxygen atoms in total. The number of carbonyl (C=O) groups is 7. The van der Waals surface area contributed by atoms with Crippen LogP contribution in [0.25, 0.3) is 0 Å². The van der Waals surface area contributed by atoms with Crippen LogP contribution < -0.4 is 21.3 Å². The fourth-order valence-electron chi connectivity index (χ4n) is 6.74. The van der Waals surface area contributed by atoms with E-state index in [2.05, 4.69) is 21.3 Å². The molecule has 6 amide bonds. The highest BCUT2D eigenvalue weighted by atomic mass is 32.2. The molecule has 2 aromatic rings. The molecule has 304 valence electrons. The normalized spacial score (nSPS) is 18.5. The lowest BCUT2D eigenvalue weighted by atomic mass is 9.85. The van der Waals surface area contributed by atoms with E-state index in [1.54, 1.807) is 79.8 Å². The summed E-state index contributed by atoms with van der Waals surface area (Å²) in [6.07, 6.45) is 1.93. The van der Waals surface area contributed by atoms with Crippen molar-refractivity contribution in [3.8, 4) is 0 Å². The molecule has 0 aliphatic carbocycles. The van der Waals surface area contributed by atoms with Gasteiger partial charge in [0.15, 0.2) is 0 Å². The highest BCUT2D eigenvalue weighted by molar-refractivity contribution is 8.18. The highest BCUT2D eigenvalue weighted by Gasteiger charge is 2.53. The number of nitrogens with one attached hydrogen (secondary N) is 4.